The summed E-state index contributed by atoms with van der Waals surface area (Å²) in [7, 11) is 0. The van der Waals surface area contributed by atoms with Gasteiger partial charge in [-0.25, -0.2) is 0 Å². The van der Waals surface area contributed by atoms with Crippen LogP contribution in [0.1, 0.15) is 0 Å². The van der Waals surface area contributed by atoms with Crippen LogP contribution < -0.4 is 226 Å². The predicted octanol–water partition coefficient (Wildman–Crippen LogP) is -38.8. The molecule has 0 aliphatic heterocycles. The molecule has 0 spiro atoms. The third-order valence-electron chi connectivity index (χ3n) is 0. The van der Waals surface area contributed by atoms with Gasteiger partial charge in [-0.05, 0) is 0 Å². The first-order valence-electron chi connectivity index (χ1n) is 0. The van der Waals surface area contributed by atoms with E-state index in [1.54, 1.807) is 0 Å². The van der Waals surface area contributed by atoms with Crippen LogP contribution in [0.5, 0.6) is 0 Å². The fraction of sp³-hybridized carbons (Fsp3) is 0. The van der Waals surface area contributed by atoms with Gasteiger partial charge in [-0.2, -0.15) is 0 Å². The summed E-state index contributed by atoms with van der Waals surface area (Å²) in [6.45, 7) is 0. The number of hydrogen-bond acceptors (Lipinski definition) is 0. The van der Waals surface area contributed by atoms with Crippen molar-refractivity contribution < 1.29 is 484 Å². The van der Waals surface area contributed by atoms with E-state index in [0.717, 1.165) is 0 Å². The zero-order valence-corrected chi connectivity index (χ0v) is 36.3. The predicted molar refractivity (Wildman–Crippen MR) is 16.5 cm³/mol. The third-order valence-corrected chi connectivity index (χ3v) is 0. The van der Waals surface area contributed by atoms with Crippen molar-refractivity contribution in [2.45, 2.75) is 0 Å². The van der Waals surface area contributed by atoms with Crippen LogP contribution in [0.25, 0.3) is 0 Å². The van der Waals surface area contributed by atoms with E-state index in [9.17, 15) is 0 Å². The van der Waals surface area contributed by atoms with E-state index in [-0.39, 0.29) is 484 Å². The summed E-state index contributed by atoms with van der Waals surface area (Å²) in [4.78, 5) is 0. The third kappa shape index (κ3) is 1150. The Morgan fingerprint density at radius 1 is 0.0714 bits per heavy atom. The van der Waals surface area contributed by atoms with Crippen molar-refractivity contribution in [1.82, 2.24) is 0 Å². The van der Waals surface area contributed by atoms with Crippen molar-refractivity contribution in [2.24, 2.45) is 0 Å². The molecule has 0 saturated carbocycles. The van der Waals surface area contributed by atoms with Gasteiger partial charge in [0.2, 0.25) is 0 Å². The molecule has 228 valence electrons. The van der Waals surface area contributed by atoms with E-state index in [2.05, 4.69) is 0 Å². The molecule has 42 heavy (non-hydrogen) atoms. The molecule has 0 aromatic carbocycles. The molecule has 0 aromatic rings. The van der Waals surface area contributed by atoms with E-state index in [0.29, 0.717) is 0 Å². The molecular weight excluding hydrogens is 1040 g/mol. The Morgan fingerprint density at radius 3 is 0.0714 bits per heavy atom. The van der Waals surface area contributed by atoms with Gasteiger partial charge in [-0.1, -0.05) is 0 Å². The summed E-state index contributed by atoms with van der Waals surface area (Å²) in [5, 5.41) is 0. The topological polar surface area (TPSA) is 684 Å². The van der Waals surface area contributed by atoms with Gasteiger partial charge in [0.15, 0.2) is 0 Å². The van der Waals surface area contributed by atoms with E-state index in [1.807, 2.05) is 0 Å². The molecule has 0 saturated heterocycles. The summed E-state index contributed by atoms with van der Waals surface area (Å²) < 4.78 is 0. The maximum absolute atomic E-state index is 0. The molecule has 0 bridgehead atoms. The Balaban J connectivity index is 0. The average molecular weight is 1040 g/mol. The van der Waals surface area contributed by atoms with Crippen LogP contribution in [0.3, 0.4) is 0 Å². The first-order chi connectivity index (χ1) is 0. The zero-order chi connectivity index (χ0) is 0. The van der Waals surface area contributed by atoms with Crippen LogP contribution in [0.4, 0.5) is 0 Å². The Bertz CT molecular complexity index is 57.9. The average Bonchev–Trinajstić information content (AvgIpc) is 0. The van der Waals surface area contributed by atoms with Crippen molar-refractivity contribution in [3.63, 3.8) is 0 Å². The van der Waals surface area contributed by atoms with Gasteiger partial charge in [-0.15, -0.1) is 0 Å². The minimum atomic E-state index is 0. The normalized spacial score (nSPS) is 0. The van der Waals surface area contributed by atoms with Crippen molar-refractivity contribution in [2.75, 3.05) is 0 Å². The number of rotatable bonds is 0. The number of hydrogen-bond donors (Lipinski definition) is 0. The first kappa shape index (κ1) is 1290. The molecule has 0 fully saturated rings. The zero-order valence-electron chi connectivity index (χ0n) is 24.2. The van der Waals surface area contributed by atoms with Crippen LogP contribution >= 0.6 is 0 Å². The maximum atomic E-state index is 0. The van der Waals surface area contributed by atoms with Crippen LogP contribution in [0.15, 0.2) is 0 Å². The van der Waals surface area contributed by atoms with Gasteiger partial charge in [0.05, 0.1) is 0 Å². The summed E-state index contributed by atoms with van der Waals surface area (Å²) in [6.07, 6.45) is 0. The molecule has 42 heteroatoms. The van der Waals surface area contributed by atoms with Gasteiger partial charge >= 0.3 is 226 Å². The van der Waals surface area contributed by atoms with Crippen molar-refractivity contribution >= 4 is 0 Å². The van der Waals surface area contributed by atoms with E-state index in [4.69, 9.17) is 0 Å². The largest absolute Gasteiger partial charge is 2.00 e. The fourth-order valence-corrected chi connectivity index (χ4v) is 0. The molecule has 0 rings (SSSR count). The molecule has 0 heterocycles. The molecule has 0 amide bonds. The Morgan fingerprint density at radius 2 is 0.0714 bits per heavy atom. The van der Waals surface area contributed by atoms with Crippen LogP contribution in [0, 0.1) is 0 Å². The smallest absolute Gasteiger partial charge is 1.00 e. The van der Waals surface area contributed by atoms with Crippen molar-refractivity contribution in [3.05, 3.63) is 0 Å². The SMILES string of the molecule is [Li+].[Li+].[Li+].[Li+].[Li+].[Li+].[Li+].[Li+].[Li+].[Li+].[Li+].[Li+].[Mo].[Mo].[Mo].[Mo].[Mo].[Mo].[O-2].[O-2].[O-2].[O-2].[O-2].[O-2].[O-2].[O-2].[O-2].[O-2].[O-2].[O-2].[O-2].[O-2].[O-2].[O-2].[O-2].[O-2].[O-2].[O-2].[O-2].[O-2].[O-2].[O-2]. The molecule has 0 radical (unpaired) electrons. The molecule has 0 N–H and O–H groups in total. The Kier molecular flexibility index (Phi) is 37400. The second kappa shape index (κ2) is 1220. The summed E-state index contributed by atoms with van der Waals surface area (Å²) >= 11 is 0. The Hall–Kier alpha value is 10.3. The minimum Gasteiger partial charge on any atom is -2.00 e. The van der Waals surface area contributed by atoms with Crippen LogP contribution in [-0.4, -0.2) is 0 Å². The quantitative estimate of drug-likeness (QED) is 0.204. The minimum absolute atomic E-state index is 0. The fourth-order valence-electron chi connectivity index (χ4n) is 0. The van der Waals surface area contributed by atoms with E-state index < -0.39 is 0 Å². The Labute approximate surface area is 475 Å². The van der Waals surface area contributed by atoms with Gasteiger partial charge < -0.3 is 131 Å². The monoisotopic (exact) mass is 1060 g/mol. The molecule has 0 aliphatic carbocycles. The van der Waals surface area contributed by atoms with Gasteiger partial charge in [-0.3, -0.25) is 0 Å². The van der Waals surface area contributed by atoms with E-state index >= 15 is 0 Å². The molecular formula is Li12Mo6O24-36. The summed E-state index contributed by atoms with van der Waals surface area (Å²) in [6, 6.07) is 0. The van der Waals surface area contributed by atoms with Gasteiger partial charge in [0, 0.05) is 126 Å². The van der Waals surface area contributed by atoms with Crippen molar-refractivity contribution in [3.8, 4) is 0 Å². The van der Waals surface area contributed by atoms with Crippen LogP contribution in [-0.2, 0) is 258 Å². The molecule has 0 aliphatic rings. The second-order valence-corrected chi connectivity index (χ2v) is 0. The molecule has 0 aromatic heterocycles. The van der Waals surface area contributed by atoms with Crippen molar-refractivity contribution in [1.29, 1.82) is 0 Å². The molecule has 0 unspecified atom stereocenters. The summed E-state index contributed by atoms with van der Waals surface area (Å²) in [5.41, 5.74) is 0. The summed E-state index contributed by atoms with van der Waals surface area (Å²) in [5.74, 6) is 0. The second-order valence-electron chi connectivity index (χ2n) is 0. The van der Waals surface area contributed by atoms with Crippen LogP contribution in [0.2, 0.25) is 0 Å². The van der Waals surface area contributed by atoms with Gasteiger partial charge in [0.1, 0.15) is 0 Å². The standard InChI is InChI=1S/12Li.6Mo.24O/q12*+1;;;;;;;24*-2. The first-order valence-corrected chi connectivity index (χ1v) is 0. The van der Waals surface area contributed by atoms with Gasteiger partial charge in [0.25, 0.3) is 0 Å². The molecule has 24 nitrogen and oxygen atoms in total. The maximum Gasteiger partial charge on any atom is 1.00 e. The molecule has 0 atom stereocenters. The van der Waals surface area contributed by atoms with E-state index in [1.165, 1.54) is 0 Å².